The summed E-state index contributed by atoms with van der Waals surface area (Å²) in [5.41, 5.74) is 1.20. The molecule has 1 aromatic rings. The van der Waals surface area contributed by atoms with Crippen LogP contribution in [0.4, 0.5) is 0 Å². The van der Waals surface area contributed by atoms with Crippen molar-refractivity contribution in [2.75, 3.05) is 0 Å². The maximum Gasteiger partial charge on any atom is 0.306 e. The van der Waals surface area contributed by atoms with Crippen molar-refractivity contribution in [2.24, 2.45) is 23.7 Å². The quantitative estimate of drug-likeness (QED) is 0.903. The van der Waals surface area contributed by atoms with Crippen molar-refractivity contribution >= 4 is 5.97 Å². The number of carboxylic acids is 1. The molecule has 1 saturated carbocycles. The molecule has 3 atom stereocenters. The van der Waals surface area contributed by atoms with E-state index in [2.05, 4.69) is 18.8 Å². The van der Waals surface area contributed by atoms with Crippen LogP contribution in [0.5, 0.6) is 0 Å². The summed E-state index contributed by atoms with van der Waals surface area (Å²) in [6.45, 7) is 4.49. The molecule has 1 heterocycles. The molecule has 3 nitrogen and oxygen atoms in total. The molecule has 0 amide bonds. The number of carbonyl (C=O) groups is 1. The van der Waals surface area contributed by atoms with E-state index >= 15 is 0 Å². The smallest absolute Gasteiger partial charge is 0.306 e. The predicted molar refractivity (Wildman–Crippen MR) is 74.7 cm³/mol. The number of hydrogen-bond donors (Lipinski definition) is 1. The van der Waals surface area contributed by atoms with Gasteiger partial charge in [0.25, 0.3) is 0 Å². The number of nitrogens with zero attached hydrogens (tertiary/aromatic N) is 1. The van der Waals surface area contributed by atoms with Gasteiger partial charge in [0.15, 0.2) is 0 Å². The highest BCUT2D eigenvalue weighted by atomic mass is 16.4. The third-order valence-electron chi connectivity index (χ3n) is 4.53. The summed E-state index contributed by atoms with van der Waals surface area (Å²) in [4.78, 5) is 15.4. The summed E-state index contributed by atoms with van der Waals surface area (Å²) in [5, 5.41) is 9.40. The Hall–Kier alpha value is -1.38. The molecule has 3 heteroatoms. The van der Waals surface area contributed by atoms with Gasteiger partial charge in [-0.3, -0.25) is 9.78 Å². The fourth-order valence-corrected chi connectivity index (χ4v) is 3.28. The van der Waals surface area contributed by atoms with E-state index in [1.54, 1.807) is 12.4 Å². The van der Waals surface area contributed by atoms with E-state index in [1.165, 1.54) is 5.56 Å². The monoisotopic (exact) mass is 261 g/mol. The topological polar surface area (TPSA) is 50.2 Å². The van der Waals surface area contributed by atoms with E-state index in [-0.39, 0.29) is 11.8 Å². The fraction of sp³-hybridized carbons (Fsp3) is 0.625. The predicted octanol–water partition coefficient (Wildman–Crippen LogP) is 3.40. The zero-order valence-corrected chi connectivity index (χ0v) is 11.7. The second-order valence-electron chi connectivity index (χ2n) is 6.08. The van der Waals surface area contributed by atoms with Crippen molar-refractivity contribution in [1.29, 1.82) is 0 Å². The second-order valence-corrected chi connectivity index (χ2v) is 6.08. The molecule has 19 heavy (non-hydrogen) atoms. The molecule has 3 unspecified atom stereocenters. The van der Waals surface area contributed by atoms with Gasteiger partial charge >= 0.3 is 5.97 Å². The van der Waals surface area contributed by atoms with Crippen LogP contribution < -0.4 is 0 Å². The molecule has 1 N–H and O–H groups in total. The Morgan fingerprint density at radius 3 is 2.63 bits per heavy atom. The van der Waals surface area contributed by atoms with Crippen LogP contribution in [0.2, 0.25) is 0 Å². The van der Waals surface area contributed by atoms with E-state index in [4.69, 9.17) is 0 Å². The lowest BCUT2D eigenvalue weighted by Crippen LogP contribution is -2.33. The van der Waals surface area contributed by atoms with Crippen molar-refractivity contribution in [3.8, 4) is 0 Å². The summed E-state index contributed by atoms with van der Waals surface area (Å²) in [5.74, 6) is 0.780. The first-order valence-corrected chi connectivity index (χ1v) is 7.19. The molecular formula is C16H23NO2. The van der Waals surface area contributed by atoms with Crippen molar-refractivity contribution in [3.05, 3.63) is 30.1 Å². The summed E-state index contributed by atoms with van der Waals surface area (Å²) in [7, 11) is 0. The minimum absolute atomic E-state index is 0.178. The summed E-state index contributed by atoms with van der Waals surface area (Å²) < 4.78 is 0. The van der Waals surface area contributed by atoms with E-state index in [0.29, 0.717) is 11.8 Å². The lowest BCUT2D eigenvalue weighted by molar-refractivity contribution is -0.145. The van der Waals surface area contributed by atoms with Crippen LogP contribution in [0.1, 0.15) is 38.7 Å². The molecule has 0 radical (unpaired) electrons. The van der Waals surface area contributed by atoms with Gasteiger partial charge in [-0.15, -0.1) is 0 Å². The van der Waals surface area contributed by atoms with Crippen molar-refractivity contribution in [3.63, 3.8) is 0 Å². The van der Waals surface area contributed by atoms with Crippen LogP contribution in [0.3, 0.4) is 0 Å². The van der Waals surface area contributed by atoms with Crippen molar-refractivity contribution < 1.29 is 9.90 Å². The molecule has 1 aliphatic carbocycles. The summed E-state index contributed by atoms with van der Waals surface area (Å²) in [6, 6.07) is 4.00. The highest BCUT2D eigenvalue weighted by Gasteiger charge is 2.35. The zero-order valence-electron chi connectivity index (χ0n) is 11.7. The lowest BCUT2D eigenvalue weighted by atomic mass is 9.69. The number of pyridine rings is 1. The minimum atomic E-state index is -0.624. The summed E-state index contributed by atoms with van der Waals surface area (Å²) >= 11 is 0. The van der Waals surface area contributed by atoms with Crippen LogP contribution in [0.25, 0.3) is 0 Å². The molecule has 0 bridgehead atoms. The fourth-order valence-electron chi connectivity index (χ4n) is 3.28. The van der Waals surface area contributed by atoms with Gasteiger partial charge in [-0.1, -0.05) is 13.8 Å². The molecule has 0 aliphatic heterocycles. The maximum atomic E-state index is 11.4. The van der Waals surface area contributed by atoms with Gasteiger partial charge in [0.1, 0.15) is 0 Å². The van der Waals surface area contributed by atoms with E-state index in [0.717, 1.165) is 25.7 Å². The van der Waals surface area contributed by atoms with Gasteiger partial charge in [0.05, 0.1) is 5.92 Å². The molecule has 1 aromatic heterocycles. The van der Waals surface area contributed by atoms with Crippen LogP contribution in [-0.4, -0.2) is 16.1 Å². The molecule has 2 rings (SSSR count). The van der Waals surface area contributed by atoms with E-state index < -0.39 is 5.97 Å². The minimum Gasteiger partial charge on any atom is -0.481 e. The average molecular weight is 261 g/mol. The molecule has 0 aromatic carbocycles. The van der Waals surface area contributed by atoms with Gasteiger partial charge in [0.2, 0.25) is 0 Å². The number of rotatable bonds is 4. The Kier molecular flexibility index (Phi) is 4.56. The van der Waals surface area contributed by atoms with E-state index in [9.17, 15) is 9.90 Å². The Labute approximate surface area is 115 Å². The molecule has 104 valence electrons. The highest BCUT2D eigenvalue weighted by Crippen LogP contribution is 2.39. The van der Waals surface area contributed by atoms with Crippen LogP contribution in [0, 0.1) is 23.7 Å². The van der Waals surface area contributed by atoms with Gasteiger partial charge < -0.3 is 5.11 Å². The Bertz CT molecular complexity index is 416. The Morgan fingerprint density at radius 1 is 1.37 bits per heavy atom. The zero-order chi connectivity index (χ0) is 13.8. The molecule has 0 spiro atoms. The number of aliphatic carboxylic acids is 1. The third kappa shape index (κ3) is 3.55. The molecular weight excluding hydrogens is 238 g/mol. The standard InChI is InChI=1S/C16H23NO2/c1-11(2)13-3-4-15(16(18)19)14(10-13)9-12-5-7-17-8-6-12/h5-8,11,13-15H,3-4,9-10H2,1-2H3,(H,18,19). The summed E-state index contributed by atoms with van der Waals surface area (Å²) in [6.07, 6.45) is 7.36. The second kappa shape index (κ2) is 6.18. The van der Waals surface area contributed by atoms with Crippen LogP contribution >= 0.6 is 0 Å². The Balaban J connectivity index is 2.09. The van der Waals surface area contributed by atoms with Gasteiger partial charge in [-0.25, -0.2) is 0 Å². The van der Waals surface area contributed by atoms with Crippen molar-refractivity contribution in [1.82, 2.24) is 4.98 Å². The van der Waals surface area contributed by atoms with Gasteiger partial charge in [-0.05, 0) is 61.1 Å². The first-order valence-electron chi connectivity index (χ1n) is 7.19. The lowest BCUT2D eigenvalue weighted by Gasteiger charge is -2.36. The van der Waals surface area contributed by atoms with Gasteiger partial charge in [-0.2, -0.15) is 0 Å². The molecule has 1 aliphatic rings. The first-order chi connectivity index (χ1) is 9.08. The van der Waals surface area contributed by atoms with E-state index in [1.807, 2.05) is 12.1 Å². The van der Waals surface area contributed by atoms with Crippen LogP contribution in [0.15, 0.2) is 24.5 Å². The molecule has 0 saturated heterocycles. The Morgan fingerprint density at radius 2 is 2.05 bits per heavy atom. The normalized spacial score (nSPS) is 27.4. The largest absolute Gasteiger partial charge is 0.481 e. The SMILES string of the molecule is CC(C)C1CCC(C(=O)O)C(Cc2ccncc2)C1. The van der Waals surface area contributed by atoms with Gasteiger partial charge in [0, 0.05) is 12.4 Å². The maximum absolute atomic E-state index is 11.4. The average Bonchev–Trinajstić information content (AvgIpc) is 2.39. The molecule has 1 fully saturated rings. The number of carboxylic acid groups (broad SMARTS) is 1. The number of aromatic nitrogens is 1. The first kappa shape index (κ1) is 14.0. The highest BCUT2D eigenvalue weighted by molar-refractivity contribution is 5.70. The number of hydrogen-bond acceptors (Lipinski definition) is 2. The third-order valence-corrected chi connectivity index (χ3v) is 4.53. The van der Waals surface area contributed by atoms with Crippen LogP contribution in [-0.2, 0) is 11.2 Å². The van der Waals surface area contributed by atoms with Crippen molar-refractivity contribution in [2.45, 2.75) is 39.5 Å².